The zero-order valence-corrected chi connectivity index (χ0v) is 12.7. The van der Waals surface area contributed by atoms with Crippen LogP contribution in [0.3, 0.4) is 0 Å². The van der Waals surface area contributed by atoms with Crippen LogP contribution in [0.4, 0.5) is 0 Å². The van der Waals surface area contributed by atoms with Gasteiger partial charge < -0.3 is 20.7 Å². The van der Waals surface area contributed by atoms with Gasteiger partial charge >= 0.3 is 0 Å². The second-order valence-corrected chi connectivity index (χ2v) is 4.29. The van der Waals surface area contributed by atoms with Gasteiger partial charge in [0, 0.05) is 18.9 Å². The van der Waals surface area contributed by atoms with Crippen molar-refractivity contribution in [3.8, 4) is 0 Å². The van der Waals surface area contributed by atoms with Crippen LogP contribution in [-0.2, 0) is 11.3 Å². The number of amides is 1. The van der Waals surface area contributed by atoms with E-state index in [4.69, 9.17) is 10.8 Å². The number of H-pyrrole nitrogens is 1. The van der Waals surface area contributed by atoms with E-state index in [-0.39, 0.29) is 49.8 Å². The molecule has 0 bridgehead atoms. The van der Waals surface area contributed by atoms with E-state index in [0.717, 1.165) is 0 Å². The van der Waals surface area contributed by atoms with Crippen molar-refractivity contribution in [1.82, 2.24) is 14.9 Å². The molecule has 0 spiro atoms. The van der Waals surface area contributed by atoms with E-state index in [1.54, 1.807) is 12.4 Å². The topological polar surface area (TPSA) is 95.2 Å². The first-order valence-corrected chi connectivity index (χ1v) is 5.69. The summed E-state index contributed by atoms with van der Waals surface area (Å²) in [7, 11) is 0. The maximum atomic E-state index is 12.0. The Kier molecular flexibility index (Phi) is 10.8. The number of hydrogen-bond acceptors (Lipinski definition) is 4. The van der Waals surface area contributed by atoms with E-state index < -0.39 is 6.04 Å². The number of aliphatic hydroxyl groups excluding tert-OH is 1. The van der Waals surface area contributed by atoms with Gasteiger partial charge in [0.15, 0.2) is 0 Å². The molecule has 6 nitrogen and oxygen atoms in total. The van der Waals surface area contributed by atoms with Gasteiger partial charge in [0.05, 0.1) is 19.2 Å². The number of halogens is 2. The summed E-state index contributed by atoms with van der Waals surface area (Å²) in [6, 6.07) is -0.545. The molecule has 0 saturated carbocycles. The van der Waals surface area contributed by atoms with E-state index in [1.807, 2.05) is 13.8 Å². The molecule has 1 amide bonds. The van der Waals surface area contributed by atoms with Crippen molar-refractivity contribution < 1.29 is 9.90 Å². The Morgan fingerprint density at radius 1 is 1.53 bits per heavy atom. The van der Waals surface area contributed by atoms with Gasteiger partial charge in [-0.15, -0.1) is 24.8 Å². The Balaban J connectivity index is 0. The summed E-state index contributed by atoms with van der Waals surface area (Å²) in [4.78, 5) is 20.5. The minimum Gasteiger partial charge on any atom is -0.395 e. The van der Waals surface area contributed by atoms with Crippen LogP contribution in [0.1, 0.15) is 19.7 Å². The van der Waals surface area contributed by atoms with E-state index >= 15 is 0 Å². The number of carbonyl (C=O) groups is 1. The molecule has 0 unspecified atom stereocenters. The number of imidazole rings is 1. The summed E-state index contributed by atoms with van der Waals surface area (Å²) >= 11 is 0. The van der Waals surface area contributed by atoms with Crippen molar-refractivity contribution >= 4 is 30.7 Å². The molecule has 1 rings (SSSR count). The third-order valence-corrected chi connectivity index (χ3v) is 2.58. The van der Waals surface area contributed by atoms with Gasteiger partial charge in [-0.2, -0.15) is 0 Å². The standard InChI is InChI=1S/C11H20N4O2.2ClH/c1-8(2)10(12)11(17)15(5-6-16)7-9-13-3-4-14-9;;/h3-4,8,10,16H,5-7,12H2,1-2H3,(H,13,14);2*1H/t10-;;/m1../s1. The largest absolute Gasteiger partial charge is 0.395 e. The highest BCUT2D eigenvalue weighted by Crippen LogP contribution is 2.06. The minimum absolute atomic E-state index is 0. The van der Waals surface area contributed by atoms with Gasteiger partial charge in [-0.1, -0.05) is 13.8 Å². The van der Waals surface area contributed by atoms with Crippen molar-refractivity contribution in [3.05, 3.63) is 18.2 Å². The molecular formula is C11H22Cl2N4O2. The number of hydrogen-bond donors (Lipinski definition) is 3. The molecule has 0 saturated heterocycles. The highest BCUT2D eigenvalue weighted by atomic mass is 35.5. The molecular weight excluding hydrogens is 291 g/mol. The van der Waals surface area contributed by atoms with Crippen molar-refractivity contribution in [3.63, 3.8) is 0 Å². The Morgan fingerprint density at radius 3 is 2.58 bits per heavy atom. The van der Waals surface area contributed by atoms with Crippen LogP contribution in [0, 0.1) is 5.92 Å². The number of nitrogens with two attached hydrogens (primary N) is 1. The summed E-state index contributed by atoms with van der Waals surface area (Å²) in [5.41, 5.74) is 5.82. The lowest BCUT2D eigenvalue weighted by Crippen LogP contribution is -2.47. The highest BCUT2D eigenvalue weighted by molar-refractivity contribution is 5.85. The molecule has 1 heterocycles. The molecule has 0 aliphatic heterocycles. The van der Waals surface area contributed by atoms with E-state index in [0.29, 0.717) is 12.4 Å². The molecule has 4 N–H and O–H groups in total. The minimum atomic E-state index is -0.545. The number of aliphatic hydroxyl groups is 1. The molecule has 1 atom stereocenters. The Labute approximate surface area is 125 Å². The molecule has 0 radical (unpaired) electrons. The number of aromatic nitrogens is 2. The predicted molar refractivity (Wildman–Crippen MR) is 78.4 cm³/mol. The van der Waals surface area contributed by atoms with E-state index in [1.165, 1.54) is 4.90 Å². The fourth-order valence-corrected chi connectivity index (χ4v) is 1.45. The lowest BCUT2D eigenvalue weighted by atomic mass is 10.0. The third-order valence-electron chi connectivity index (χ3n) is 2.58. The molecule has 1 aromatic heterocycles. The number of aromatic amines is 1. The molecule has 0 fully saturated rings. The second kappa shape index (κ2) is 10.0. The Morgan fingerprint density at radius 2 is 2.16 bits per heavy atom. The van der Waals surface area contributed by atoms with Crippen molar-refractivity contribution in [2.75, 3.05) is 13.2 Å². The normalized spacial score (nSPS) is 11.4. The van der Waals surface area contributed by atoms with Crippen molar-refractivity contribution in [1.29, 1.82) is 0 Å². The third kappa shape index (κ3) is 6.24. The molecule has 1 aromatic rings. The Hall–Kier alpha value is -0.820. The van der Waals surface area contributed by atoms with Gasteiger partial charge in [-0.25, -0.2) is 4.98 Å². The zero-order chi connectivity index (χ0) is 12.8. The number of rotatable bonds is 6. The van der Waals surface area contributed by atoms with Gasteiger partial charge in [-0.3, -0.25) is 4.79 Å². The molecule has 112 valence electrons. The monoisotopic (exact) mass is 312 g/mol. The maximum Gasteiger partial charge on any atom is 0.240 e. The molecule has 0 aliphatic carbocycles. The van der Waals surface area contributed by atoms with Crippen LogP contribution in [0.15, 0.2) is 12.4 Å². The van der Waals surface area contributed by atoms with Gasteiger partial charge in [0.25, 0.3) is 0 Å². The van der Waals surface area contributed by atoms with Gasteiger partial charge in [-0.05, 0) is 5.92 Å². The number of nitrogens with one attached hydrogen (secondary N) is 1. The summed E-state index contributed by atoms with van der Waals surface area (Å²) in [6.07, 6.45) is 3.32. The molecule has 0 aromatic carbocycles. The van der Waals surface area contributed by atoms with E-state index in [9.17, 15) is 4.79 Å². The lowest BCUT2D eigenvalue weighted by Gasteiger charge is -2.25. The van der Waals surface area contributed by atoms with Crippen LogP contribution < -0.4 is 5.73 Å². The fraction of sp³-hybridized carbons (Fsp3) is 0.636. The first-order valence-electron chi connectivity index (χ1n) is 5.69. The lowest BCUT2D eigenvalue weighted by molar-refractivity contribution is -0.134. The Bertz CT molecular complexity index is 346. The number of carbonyl (C=O) groups excluding carboxylic acids is 1. The van der Waals surface area contributed by atoms with Crippen molar-refractivity contribution in [2.24, 2.45) is 11.7 Å². The molecule has 8 heteroatoms. The van der Waals surface area contributed by atoms with Crippen LogP contribution in [0.5, 0.6) is 0 Å². The predicted octanol–water partition coefficient (Wildman–Crippen LogP) is 0.558. The smallest absolute Gasteiger partial charge is 0.240 e. The SMILES string of the molecule is CC(C)[C@@H](N)C(=O)N(CCO)Cc1ncc[nH]1.Cl.Cl. The van der Waals surface area contributed by atoms with E-state index in [2.05, 4.69) is 9.97 Å². The summed E-state index contributed by atoms with van der Waals surface area (Å²) in [5.74, 6) is 0.591. The summed E-state index contributed by atoms with van der Waals surface area (Å²) < 4.78 is 0. The van der Waals surface area contributed by atoms with Crippen LogP contribution in [0.2, 0.25) is 0 Å². The van der Waals surface area contributed by atoms with Crippen LogP contribution >= 0.6 is 24.8 Å². The second-order valence-electron chi connectivity index (χ2n) is 4.29. The summed E-state index contributed by atoms with van der Waals surface area (Å²) in [5, 5.41) is 8.97. The fourth-order valence-electron chi connectivity index (χ4n) is 1.45. The maximum absolute atomic E-state index is 12.0. The summed E-state index contributed by atoms with van der Waals surface area (Å²) in [6.45, 7) is 4.31. The number of nitrogens with zero attached hydrogens (tertiary/aromatic N) is 2. The van der Waals surface area contributed by atoms with Crippen molar-refractivity contribution in [2.45, 2.75) is 26.4 Å². The van der Waals surface area contributed by atoms with Crippen LogP contribution in [0.25, 0.3) is 0 Å². The first-order chi connectivity index (χ1) is 8.06. The first kappa shape index (κ1) is 20.5. The molecule has 19 heavy (non-hydrogen) atoms. The highest BCUT2D eigenvalue weighted by Gasteiger charge is 2.23. The molecule has 0 aliphatic rings. The average molecular weight is 313 g/mol. The van der Waals surface area contributed by atoms with Gasteiger partial charge in [0.1, 0.15) is 5.82 Å². The van der Waals surface area contributed by atoms with Crippen LogP contribution in [-0.4, -0.2) is 45.1 Å². The zero-order valence-electron chi connectivity index (χ0n) is 11.1. The average Bonchev–Trinajstić information content (AvgIpc) is 2.79. The van der Waals surface area contributed by atoms with Gasteiger partial charge in [0.2, 0.25) is 5.91 Å². The quantitative estimate of drug-likeness (QED) is 0.715.